The second-order valence-electron chi connectivity index (χ2n) is 7.29. The molecule has 6 nitrogen and oxygen atoms in total. The molecule has 158 valence electrons. The summed E-state index contributed by atoms with van der Waals surface area (Å²) >= 11 is 6.34. The van der Waals surface area contributed by atoms with E-state index in [-0.39, 0.29) is 23.6 Å². The molecule has 2 aromatic carbocycles. The molecule has 0 saturated carbocycles. The summed E-state index contributed by atoms with van der Waals surface area (Å²) in [6, 6.07) is 18.2. The largest absolute Gasteiger partial charge is 0.354 e. The van der Waals surface area contributed by atoms with Gasteiger partial charge in [-0.2, -0.15) is 0 Å². The van der Waals surface area contributed by atoms with Crippen LogP contribution in [0.25, 0.3) is 0 Å². The Morgan fingerprint density at radius 3 is 2.10 bits per heavy atom. The van der Waals surface area contributed by atoms with Crippen molar-refractivity contribution in [3.05, 3.63) is 71.8 Å². The van der Waals surface area contributed by atoms with Crippen LogP contribution in [0, 0.1) is 5.92 Å². The lowest BCUT2D eigenvalue weighted by Gasteiger charge is -2.32. The van der Waals surface area contributed by atoms with Gasteiger partial charge in [0, 0.05) is 37.7 Å². The van der Waals surface area contributed by atoms with Crippen LogP contribution >= 0.6 is 11.6 Å². The Kier molecular flexibility index (Phi) is 7.85. The van der Waals surface area contributed by atoms with Crippen molar-refractivity contribution in [1.29, 1.82) is 0 Å². The van der Waals surface area contributed by atoms with Gasteiger partial charge in [-0.25, -0.2) is 0 Å². The van der Waals surface area contributed by atoms with Gasteiger partial charge in [0.05, 0.1) is 0 Å². The summed E-state index contributed by atoms with van der Waals surface area (Å²) in [4.78, 5) is 38.7. The van der Waals surface area contributed by atoms with Gasteiger partial charge in [0.15, 0.2) is 0 Å². The van der Waals surface area contributed by atoms with Crippen molar-refractivity contribution >= 4 is 29.3 Å². The number of piperidine rings is 1. The second kappa shape index (κ2) is 10.8. The molecule has 1 fully saturated rings. The van der Waals surface area contributed by atoms with Crippen molar-refractivity contribution in [2.45, 2.75) is 18.2 Å². The van der Waals surface area contributed by atoms with E-state index in [1.807, 2.05) is 36.4 Å². The van der Waals surface area contributed by atoms with Crippen LogP contribution in [0.5, 0.6) is 0 Å². The van der Waals surface area contributed by atoms with Crippen LogP contribution in [0.2, 0.25) is 0 Å². The first-order valence-corrected chi connectivity index (χ1v) is 10.6. The molecule has 2 aromatic rings. The quantitative estimate of drug-likeness (QED) is 0.526. The van der Waals surface area contributed by atoms with Crippen LogP contribution in [-0.4, -0.2) is 48.8 Å². The Hall–Kier alpha value is -2.86. The minimum absolute atomic E-state index is 0.0402. The molecule has 3 amide bonds. The number of hydrogen-bond acceptors (Lipinski definition) is 3. The molecule has 3 rings (SSSR count). The summed E-state index contributed by atoms with van der Waals surface area (Å²) < 4.78 is 0. The van der Waals surface area contributed by atoms with E-state index in [1.165, 1.54) is 0 Å². The number of halogens is 1. The minimum Gasteiger partial charge on any atom is -0.354 e. The van der Waals surface area contributed by atoms with Crippen LogP contribution < -0.4 is 10.6 Å². The van der Waals surface area contributed by atoms with Gasteiger partial charge in [-0.3, -0.25) is 14.4 Å². The Morgan fingerprint density at radius 1 is 0.900 bits per heavy atom. The predicted molar refractivity (Wildman–Crippen MR) is 116 cm³/mol. The Morgan fingerprint density at radius 2 is 1.47 bits per heavy atom. The molecule has 0 unspecified atom stereocenters. The molecule has 1 heterocycles. The Bertz CT molecular complexity index is 853. The topological polar surface area (TPSA) is 78.5 Å². The highest BCUT2D eigenvalue weighted by Gasteiger charge is 2.30. The highest BCUT2D eigenvalue weighted by Crippen LogP contribution is 2.26. The fraction of sp³-hybridized carbons (Fsp3) is 0.348. The summed E-state index contributed by atoms with van der Waals surface area (Å²) in [6.07, 6.45) is 1.21. The third-order valence-corrected chi connectivity index (χ3v) is 5.67. The number of rotatable bonds is 7. The van der Waals surface area contributed by atoms with Crippen LogP contribution in [0.4, 0.5) is 0 Å². The molecule has 0 bridgehead atoms. The van der Waals surface area contributed by atoms with E-state index in [4.69, 9.17) is 11.6 Å². The number of nitrogens with zero attached hydrogens (tertiary/aromatic N) is 1. The number of carbonyl (C=O) groups excluding carboxylic acids is 3. The molecule has 30 heavy (non-hydrogen) atoms. The second-order valence-corrected chi connectivity index (χ2v) is 7.72. The third kappa shape index (κ3) is 5.83. The van der Waals surface area contributed by atoms with Crippen molar-refractivity contribution < 1.29 is 14.4 Å². The van der Waals surface area contributed by atoms with Crippen LogP contribution in [0.3, 0.4) is 0 Å². The first kappa shape index (κ1) is 21.8. The van der Waals surface area contributed by atoms with Crippen molar-refractivity contribution in [2.24, 2.45) is 5.92 Å². The van der Waals surface area contributed by atoms with Crippen LogP contribution in [0.15, 0.2) is 60.7 Å². The van der Waals surface area contributed by atoms with Crippen molar-refractivity contribution in [1.82, 2.24) is 15.5 Å². The number of hydrogen-bond donors (Lipinski definition) is 2. The van der Waals surface area contributed by atoms with Crippen molar-refractivity contribution in [3.8, 4) is 0 Å². The number of likely N-dealkylation sites (tertiary alicyclic amines) is 1. The summed E-state index contributed by atoms with van der Waals surface area (Å²) in [5.74, 6) is -0.456. The maximum absolute atomic E-state index is 12.6. The molecular formula is C23H26ClN3O3. The summed E-state index contributed by atoms with van der Waals surface area (Å²) in [7, 11) is 0. The standard InChI is InChI=1S/C23H26ClN3O3/c24-20(17-7-3-1-4-8-17)23(30)27-15-11-19(12-16-27)22(29)26-14-13-25-21(28)18-9-5-2-6-10-18/h1-10,19-20H,11-16H2,(H,25,28)(H,26,29)/t20-/m0/s1. The summed E-state index contributed by atoms with van der Waals surface area (Å²) in [5, 5.41) is 4.95. The molecule has 1 atom stereocenters. The maximum atomic E-state index is 12.6. The first-order valence-electron chi connectivity index (χ1n) is 10.1. The summed E-state index contributed by atoms with van der Waals surface area (Å²) in [6.45, 7) is 1.76. The van der Waals surface area contributed by atoms with Crippen molar-refractivity contribution in [3.63, 3.8) is 0 Å². The normalized spacial score (nSPS) is 15.3. The Labute approximate surface area is 181 Å². The molecule has 1 aliphatic rings. The Balaban J connectivity index is 1.37. The number of amides is 3. The van der Waals surface area contributed by atoms with E-state index in [2.05, 4.69) is 10.6 Å². The molecule has 1 saturated heterocycles. The maximum Gasteiger partial charge on any atom is 0.251 e. The highest BCUT2D eigenvalue weighted by molar-refractivity contribution is 6.30. The van der Waals surface area contributed by atoms with Crippen molar-refractivity contribution in [2.75, 3.05) is 26.2 Å². The number of benzene rings is 2. The molecule has 7 heteroatoms. The molecular weight excluding hydrogens is 402 g/mol. The highest BCUT2D eigenvalue weighted by atomic mass is 35.5. The van der Waals surface area contributed by atoms with Gasteiger partial charge < -0.3 is 15.5 Å². The van der Waals surface area contributed by atoms with E-state index in [1.54, 1.807) is 29.2 Å². The van der Waals surface area contributed by atoms with Gasteiger partial charge in [-0.05, 0) is 30.5 Å². The van der Waals surface area contributed by atoms with E-state index in [0.29, 0.717) is 44.6 Å². The average molecular weight is 428 g/mol. The zero-order chi connectivity index (χ0) is 21.3. The smallest absolute Gasteiger partial charge is 0.251 e. The third-order valence-electron chi connectivity index (χ3n) is 5.23. The average Bonchev–Trinajstić information content (AvgIpc) is 2.81. The zero-order valence-corrected chi connectivity index (χ0v) is 17.5. The number of alkyl halides is 1. The lowest BCUT2D eigenvalue weighted by Crippen LogP contribution is -2.45. The van der Waals surface area contributed by atoms with Gasteiger partial charge in [0.1, 0.15) is 5.38 Å². The minimum atomic E-state index is -0.704. The van der Waals surface area contributed by atoms with E-state index < -0.39 is 5.38 Å². The molecule has 1 aliphatic heterocycles. The van der Waals surface area contributed by atoms with Crippen LogP contribution in [0.1, 0.15) is 34.1 Å². The fourth-order valence-corrected chi connectivity index (χ4v) is 3.77. The summed E-state index contributed by atoms with van der Waals surface area (Å²) in [5.41, 5.74) is 1.37. The van der Waals surface area contributed by atoms with E-state index >= 15 is 0 Å². The lowest BCUT2D eigenvalue weighted by molar-refractivity contribution is -0.135. The van der Waals surface area contributed by atoms with Gasteiger partial charge in [-0.15, -0.1) is 11.6 Å². The van der Waals surface area contributed by atoms with E-state index in [0.717, 1.165) is 5.56 Å². The van der Waals surface area contributed by atoms with Gasteiger partial charge in [0.2, 0.25) is 11.8 Å². The number of carbonyl (C=O) groups is 3. The SMILES string of the molecule is O=C(NCCNC(=O)C1CCN(C(=O)[C@@H](Cl)c2ccccc2)CC1)c1ccccc1. The van der Waals surface area contributed by atoms with Crippen LogP contribution in [-0.2, 0) is 9.59 Å². The van der Waals surface area contributed by atoms with Gasteiger partial charge in [0.25, 0.3) is 5.91 Å². The lowest BCUT2D eigenvalue weighted by atomic mass is 9.95. The first-order chi connectivity index (χ1) is 14.6. The van der Waals surface area contributed by atoms with Gasteiger partial charge in [-0.1, -0.05) is 48.5 Å². The molecule has 2 N–H and O–H groups in total. The number of nitrogens with one attached hydrogen (secondary N) is 2. The molecule has 0 radical (unpaired) electrons. The molecule has 0 aromatic heterocycles. The zero-order valence-electron chi connectivity index (χ0n) is 16.7. The monoisotopic (exact) mass is 427 g/mol. The predicted octanol–water partition coefficient (Wildman–Crippen LogP) is 2.75. The van der Waals surface area contributed by atoms with E-state index in [9.17, 15) is 14.4 Å². The molecule has 0 aliphatic carbocycles. The molecule has 0 spiro atoms. The van der Waals surface area contributed by atoms with Gasteiger partial charge >= 0.3 is 0 Å². The fourth-order valence-electron chi connectivity index (χ4n) is 3.48.